The number of carbonyl (C=O) groups is 1. The SMILES string of the molecule is CN(C)S(=O)(=O)c1ccc2nc(NC(=O)Cc3ccc4c(c3)OCO4)sc2c1. The third kappa shape index (κ3) is 3.53. The van der Waals surface area contributed by atoms with Gasteiger partial charge in [0.05, 0.1) is 21.5 Å². The number of anilines is 1. The summed E-state index contributed by atoms with van der Waals surface area (Å²) in [6.07, 6.45) is 0.160. The lowest BCUT2D eigenvalue weighted by atomic mass is 10.1. The molecule has 2 heterocycles. The largest absolute Gasteiger partial charge is 0.454 e. The number of sulfonamides is 1. The lowest BCUT2D eigenvalue weighted by molar-refractivity contribution is -0.115. The average molecular weight is 419 g/mol. The minimum atomic E-state index is -3.53. The molecular formula is C18H17N3O5S2. The molecule has 3 aromatic rings. The molecule has 1 amide bonds. The minimum Gasteiger partial charge on any atom is -0.454 e. The van der Waals surface area contributed by atoms with E-state index in [4.69, 9.17) is 9.47 Å². The Labute approximate surface area is 165 Å². The van der Waals surface area contributed by atoms with Gasteiger partial charge in [-0.1, -0.05) is 17.4 Å². The predicted octanol–water partition coefficient (Wildman–Crippen LogP) is 2.46. The summed E-state index contributed by atoms with van der Waals surface area (Å²) in [5.74, 6) is 1.07. The highest BCUT2D eigenvalue weighted by molar-refractivity contribution is 7.89. The first-order valence-corrected chi connectivity index (χ1v) is 10.6. The standard InChI is InChI=1S/C18H17N3O5S2/c1-21(2)28(23,24)12-4-5-13-16(9-12)27-18(19-13)20-17(22)8-11-3-6-14-15(7-11)26-10-25-14/h3-7,9H,8,10H2,1-2H3,(H,19,20,22). The van der Waals surface area contributed by atoms with Crippen molar-refractivity contribution in [2.45, 2.75) is 11.3 Å². The molecule has 0 fully saturated rings. The quantitative estimate of drug-likeness (QED) is 0.682. The van der Waals surface area contributed by atoms with E-state index in [1.165, 1.54) is 31.5 Å². The van der Waals surface area contributed by atoms with Crippen LogP contribution in [-0.2, 0) is 21.2 Å². The highest BCUT2D eigenvalue weighted by Crippen LogP contribution is 2.33. The molecule has 8 nitrogen and oxygen atoms in total. The van der Waals surface area contributed by atoms with E-state index in [0.29, 0.717) is 26.8 Å². The topological polar surface area (TPSA) is 97.8 Å². The molecule has 4 rings (SSSR count). The second-order valence-corrected chi connectivity index (χ2v) is 9.53. The van der Waals surface area contributed by atoms with Crippen molar-refractivity contribution in [3.63, 3.8) is 0 Å². The number of hydrogen-bond donors (Lipinski definition) is 1. The Balaban J connectivity index is 1.51. The molecule has 1 aliphatic rings. The second-order valence-electron chi connectivity index (χ2n) is 6.35. The van der Waals surface area contributed by atoms with Gasteiger partial charge in [0, 0.05) is 14.1 Å². The lowest BCUT2D eigenvalue weighted by Crippen LogP contribution is -2.22. The first-order chi connectivity index (χ1) is 13.3. The Morgan fingerprint density at radius 2 is 1.96 bits per heavy atom. The number of fused-ring (bicyclic) bond motifs is 2. The molecule has 0 spiro atoms. The smallest absolute Gasteiger partial charge is 0.242 e. The van der Waals surface area contributed by atoms with Crippen molar-refractivity contribution in [1.82, 2.24) is 9.29 Å². The molecule has 0 saturated heterocycles. The van der Waals surface area contributed by atoms with Crippen LogP contribution in [0.25, 0.3) is 10.2 Å². The van der Waals surface area contributed by atoms with Crippen LogP contribution in [-0.4, -0.2) is 44.5 Å². The van der Waals surface area contributed by atoms with Gasteiger partial charge < -0.3 is 14.8 Å². The summed E-state index contributed by atoms with van der Waals surface area (Å²) in [5.41, 5.74) is 1.42. The first kappa shape index (κ1) is 18.7. The van der Waals surface area contributed by atoms with E-state index >= 15 is 0 Å². The summed E-state index contributed by atoms with van der Waals surface area (Å²) in [7, 11) is -0.565. The number of nitrogens with one attached hydrogen (secondary N) is 1. The van der Waals surface area contributed by atoms with Crippen LogP contribution in [0.15, 0.2) is 41.3 Å². The monoisotopic (exact) mass is 419 g/mol. The van der Waals surface area contributed by atoms with Crippen LogP contribution in [0.4, 0.5) is 5.13 Å². The molecule has 0 aliphatic carbocycles. The fraction of sp³-hybridized carbons (Fsp3) is 0.222. The Hall–Kier alpha value is -2.69. The minimum absolute atomic E-state index is 0.160. The number of benzene rings is 2. The summed E-state index contributed by atoms with van der Waals surface area (Å²) in [5, 5.41) is 3.18. The molecule has 0 saturated carbocycles. The van der Waals surface area contributed by atoms with E-state index in [0.717, 1.165) is 9.87 Å². The van der Waals surface area contributed by atoms with Crippen LogP contribution in [0.3, 0.4) is 0 Å². The predicted molar refractivity (Wildman–Crippen MR) is 105 cm³/mol. The van der Waals surface area contributed by atoms with Crippen molar-refractivity contribution in [3.05, 3.63) is 42.0 Å². The third-order valence-electron chi connectivity index (χ3n) is 4.19. The Bertz CT molecular complexity index is 1170. The highest BCUT2D eigenvalue weighted by atomic mass is 32.2. The first-order valence-electron chi connectivity index (χ1n) is 8.34. The molecule has 1 N–H and O–H groups in total. The van der Waals surface area contributed by atoms with E-state index < -0.39 is 10.0 Å². The van der Waals surface area contributed by atoms with Gasteiger partial charge in [-0.2, -0.15) is 0 Å². The van der Waals surface area contributed by atoms with Gasteiger partial charge in [0.15, 0.2) is 16.6 Å². The third-order valence-corrected chi connectivity index (χ3v) is 6.93. The summed E-state index contributed by atoms with van der Waals surface area (Å²) < 4.78 is 36.9. The van der Waals surface area contributed by atoms with Crippen LogP contribution in [0.5, 0.6) is 11.5 Å². The maximum atomic E-state index is 12.4. The maximum absolute atomic E-state index is 12.4. The summed E-state index contributed by atoms with van der Waals surface area (Å²) in [6.45, 7) is 0.183. The summed E-state index contributed by atoms with van der Waals surface area (Å²) in [4.78, 5) is 16.9. The summed E-state index contributed by atoms with van der Waals surface area (Å²) in [6, 6.07) is 10.1. The molecule has 2 aromatic carbocycles. The highest BCUT2D eigenvalue weighted by Gasteiger charge is 2.19. The van der Waals surface area contributed by atoms with Crippen molar-refractivity contribution in [2.24, 2.45) is 0 Å². The van der Waals surface area contributed by atoms with Crippen LogP contribution in [0.2, 0.25) is 0 Å². The Morgan fingerprint density at radius 3 is 2.75 bits per heavy atom. The maximum Gasteiger partial charge on any atom is 0.242 e. The molecule has 0 radical (unpaired) electrons. The zero-order valence-corrected chi connectivity index (χ0v) is 16.8. The van der Waals surface area contributed by atoms with E-state index in [2.05, 4.69) is 10.3 Å². The number of amides is 1. The second kappa shape index (κ2) is 7.04. The van der Waals surface area contributed by atoms with Crippen molar-refractivity contribution < 1.29 is 22.7 Å². The van der Waals surface area contributed by atoms with E-state index in [-0.39, 0.29) is 24.0 Å². The van der Waals surface area contributed by atoms with E-state index in [1.54, 1.807) is 24.3 Å². The number of aromatic nitrogens is 1. The molecule has 0 unspecified atom stereocenters. The van der Waals surface area contributed by atoms with Crippen molar-refractivity contribution >= 4 is 42.6 Å². The van der Waals surface area contributed by atoms with Crippen LogP contribution < -0.4 is 14.8 Å². The molecule has 146 valence electrons. The van der Waals surface area contributed by atoms with Crippen LogP contribution in [0.1, 0.15) is 5.56 Å². The van der Waals surface area contributed by atoms with Crippen molar-refractivity contribution in [2.75, 3.05) is 26.2 Å². The number of carbonyl (C=O) groups excluding carboxylic acids is 1. The van der Waals surface area contributed by atoms with Gasteiger partial charge in [-0.05, 0) is 35.9 Å². The van der Waals surface area contributed by atoms with Crippen LogP contribution in [0, 0.1) is 0 Å². The van der Waals surface area contributed by atoms with Gasteiger partial charge in [0.2, 0.25) is 22.7 Å². The molecule has 10 heteroatoms. The summed E-state index contributed by atoms with van der Waals surface area (Å²) >= 11 is 1.23. The number of rotatable bonds is 5. The van der Waals surface area contributed by atoms with E-state index in [9.17, 15) is 13.2 Å². The number of thiazole rings is 1. The van der Waals surface area contributed by atoms with Crippen molar-refractivity contribution in [3.8, 4) is 11.5 Å². The lowest BCUT2D eigenvalue weighted by Gasteiger charge is -2.10. The Morgan fingerprint density at radius 1 is 1.18 bits per heavy atom. The molecule has 1 aliphatic heterocycles. The number of nitrogens with zero attached hydrogens (tertiary/aromatic N) is 2. The molecule has 1 aromatic heterocycles. The zero-order chi connectivity index (χ0) is 19.9. The van der Waals surface area contributed by atoms with E-state index in [1.807, 2.05) is 6.07 Å². The molecular weight excluding hydrogens is 402 g/mol. The Kier molecular flexibility index (Phi) is 4.69. The van der Waals surface area contributed by atoms with Gasteiger partial charge in [-0.3, -0.25) is 4.79 Å². The average Bonchev–Trinajstić information content (AvgIpc) is 3.26. The number of ether oxygens (including phenoxy) is 2. The molecule has 0 bridgehead atoms. The normalized spacial score (nSPS) is 13.2. The van der Waals surface area contributed by atoms with Gasteiger partial charge in [-0.25, -0.2) is 17.7 Å². The number of hydrogen-bond acceptors (Lipinski definition) is 7. The molecule has 28 heavy (non-hydrogen) atoms. The zero-order valence-electron chi connectivity index (χ0n) is 15.1. The van der Waals surface area contributed by atoms with Gasteiger partial charge in [0.25, 0.3) is 0 Å². The van der Waals surface area contributed by atoms with Gasteiger partial charge in [-0.15, -0.1) is 0 Å². The van der Waals surface area contributed by atoms with Gasteiger partial charge in [0.1, 0.15) is 0 Å². The van der Waals surface area contributed by atoms with Gasteiger partial charge >= 0.3 is 0 Å². The van der Waals surface area contributed by atoms with Crippen molar-refractivity contribution in [1.29, 1.82) is 0 Å². The molecule has 0 atom stereocenters. The van der Waals surface area contributed by atoms with Crippen LogP contribution >= 0.6 is 11.3 Å². The fourth-order valence-electron chi connectivity index (χ4n) is 2.73. The fourth-order valence-corrected chi connectivity index (χ4v) is 4.65.